The third kappa shape index (κ3) is 8.44. The summed E-state index contributed by atoms with van der Waals surface area (Å²) in [4.78, 5) is 0. The van der Waals surface area contributed by atoms with Crippen LogP contribution in [-0.4, -0.2) is 48.6 Å². The summed E-state index contributed by atoms with van der Waals surface area (Å²) < 4.78 is 0. The Balaban J connectivity index is 3.06. The molecule has 4 heteroatoms. The zero-order valence-corrected chi connectivity index (χ0v) is 9.29. The fraction of sp³-hybridized carbons (Fsp3) is 1.00. The van der Waals surface area contributed by atoms with Crippen molar-refractivity contribution < 1.29 is 10.2 Å². The molecule has 0 rings (SSSR count). The van der Waals surface area contributed by atoms with E-state index < -0.39 is 0 Å². The molecule has 0 saturated heterocycles. The van der Waals surface area contributed by atoms with E-state index in [-0.39, 0.29) is 12.2 Å². The smallest absolute Gasteiger partial charge is 0.0662 e. The molecule has 0 aromatic carbocycles. The minimum absolute atomic E-state index is 0.240. The molecular formula is C10H24N2O2. The molecule has 0 aromatic rings. The Morgan fingerprint density at radius 2 is 1.21 bits per heavy atom. The molecule has 0 aliphatic heterocycles. The SMILES string of the molecule is CCC(O)CNCCNCC(O)CC. The molecule has 0 aliphatic rings. The first-order valence-electron chi connectivity index (χ1n) is 5.48. The maximum absolute atomic E-state index is 9.22. The van der Waals surface area contributed by atoms with E-state index >= 15 is 0 Å². The summed E-state index contributed by atoms with van der Waals surface area (Å²) in [6, 6.07) is 0. The quantitative estimate of drug-likeness (QED) is 0.390. The van der Waals surface area contributed by atoms with Gasteiger partial charge in [0.15, 0.2) is 0 Å². The second-order valence-electron chi connectivity index (χ2n) is 3.53. The van der Waals surface area contributed by atoms with Crippen LogP contribution in [0.25, 0.3) is 0 Å². The van der Waals surface area contributed by atoms with Gasteiger partial charge in [-0.25, -0.2) is 0 Å². The van der Waals surface area contributed by atoms with Crippen LogP contribution in [0.4, 0.5) is 0 Å². The van der Waals surface area contributed by atoms with Crippen molar-refractivity contribution in [2.24, 2.45) is 0 Å². The number of rotatable bonds is 9. The minimum Gasteiger partial charge on any atom is -0.392 e. The van der Waals surface area contributed by atoms with Gasteiger partial charge in [0.05, 0.1) is 12.2 Å². The Labute approximate surface area is 86.7 Å². The van der Waals surface area contributed by atoms with Crippen LogP contribution in [0.5, 0.6) is 0 Å². The monoisotopic (exact) mass is 204 g/mol. The summed E-state index contributed by atoms with van der Waals surface area (Å²) in [5.74, 6) is 0. The average Bonchev–Trinajstić information content (AvgIpc) is 2.22. The Morgan fingerprint density at radius 3 is 1.50 bits per heavy atom. The van der Waals surface area contributed by atoms with Crippen molar-refractivity contribution in [3.05, 3.63) is 0 Å². The predicted octanol–water partition coefficient (Wildman–Crippen LogP) is -0.293. The van der Waals surface area contributed by atoms with Gasteiger partial charge >= 0.3 is 0 Å². The van der Waals surface area contributed by atoms with Crippen LogP contribution in [-0.2, 0) is 0 Å². The molecule has 14 heavy (non-hydrogen) atoms. The maximum Gasteiger partial charge on any atom is 0.0662 e. The van der Waals surface area contributed by atoms with Gasteiger partial charge in [-0.05, 0) is 12.8 Å². The van der Waals surface area contributed by atoms with Gasteiger partial charge in [0.1, 0.15) is 0 Å². The Hall–Kier alpha value is -0.160. The Bertz CT molecular complexity index is 109. The van der Waals surface area contributed by atoms with Gasteiger partial charge in [0.25, 0.3) is 0 Å². The molecule has 0 aliphatic carbocycles. The predicted molar refractivity (Wildman–Crippen MR) is 58.3 cm³/mol. The zero-order valence-electron chi connectivity index (χ0n) is 9.29. The minimum atomic E-state index is -0.240. The summed E-state index contributed by atoms with van der Waals surface area (Å²) in [5.41, 5.74) is 0. The van der Waals surface area contributed by atoms with Gasteiger partial charge in [0, 0.05) is 26.2 Å². The van der Waals surface area contributed by atoms with E-state index in [0.717, 1.165) is 25.9 Å². The van der Waals surface area contributed by atoms with Gasteiger partial charge in [-0.15, -0.1) is 0 Å². The van der Waals surface area contributed by atoms with Crippen molar-refractivity contribution in [2.75, 3.05) is 26.2 Å². The van der Waals surface area contributed by atoms with Crippen LogP contribution in [0.1, 0.15) is 26.7 Å². The highest BCUT2D eigenvalue weighted by Crippen LogP contribution is 1.86. The molecule has 0 heterocycles. The number of hydrogen-bond acceptors (Lipinski definition) is 4. The summed E-state index contributed by atoms with van der Waals surface area (Å²) in [7, 11) is 0. The number of nitrogens with one attached hydrogen (secondary N) is 2. The molecule has 0 amide bonds. The first kappa shape index (κ1) is 13.8. The highest BCUT2D eigenvalue weighted by atomic mass is 16.3. The topological polar surface area (TPSA) is 64.5 Å². The molecule has 2 unspecified atom stereocenters. The summed E-state index contributed by atoms with van der Waals surface area (Å²) in [6.45, 7) is 6.87. The lowest BCUT2D eigenvalue weighted by Crippen LogP contribution is -2.35. The molecule has 0 saturated carbocycles. The third-order valence-corrected chi connectivity index (χ3v) is 2.18. The standard InChI is InChI=1S/C10H24N2O2/c1-3-9(13)7-11-5-6-12-8-10(14)4-2/h9-14H,3-8H2,1-2H3. The van der Waals surface area contributed by atoms with Gasteiger partial charge in [0.2, 0.25) is 0 Å². The highest BCUT2D eigenvalue weighted by Gasteiger charge is 2.00. The van der Waals surface area contributed by atoms with Crippen molar-refractivity contribution in [1.82, 2.24) is 10.6 Å². The van der Waals surface area contributed by atoms with Gasteiger partial charge in [-0.3, -0.25) is 0 Å². The molecule has 86 valence electrons. The lowest BCUT2D eigenvalue weighted by molar-refractivity contribution is 0.162. The molecule has 4 nitrogen and oxygen atoms in total. The van der Waals surface area contributed by atoms with E-state index in [1.165, 1.54) is 0 Å². The van der Waals surface area contributed by atoms with Crippen molar-refractivity contribution >= 4 is 0 Å². The Morgan fingerprint density at radius 1 is 0.857 bits per heavy atom. The molecule has 0 fully saturated rings. The summed E-state index contributed by atoms with van der Waals surface area (Å²) in [5, 5.41) is 24.7. The van der Waals surface area contributed by atoms with E-state index in [2.05, 4.69) is 10.6 Å². The maximum atomic E-state index is 9.22. The summed E-state index contributed by atoms with van der Waals surface area (Å²) in [6.07, 6.45) is 1.09. The number of hydrogen-bond donors (Lipinski definition) is 4. The molecule has 0 bridgehead atoms. The second kappa shape index (κ2) is 9.40. The fourth-order valence-corrected chi connectivity index (χ4v) is 1.00. The highest BCUT2D eigenvalue weighted by molar-refractivity contribution is 4.60. The molecular weight excluding hydrogens is 180 g/mol. The van der Waals surface area contributed by atoms with E-state index in [9.17, 15) is 10.2 Å². The van der Waals surface area contributed by atoms with Crippen LogP contribution in [0, 0.1) is 0 Å². The second-order valence-corrected chi connectivity index (χ2v) is 3.53. The Kier molecular flexibility index (Phi) is 9.29. The van der Waals surface area contributed by atoms with Gasteiger partial charge in [-0.1, -0.05) is 13.8 Å². The normalized spacial score (nSPS) is 15.4. The molecule has 0 spiro atoms. The van der Waals surface area contributed by atoms with Crippen molar-refractivity contribution in [3.63, 3.8) is 0 Å². The molecule has 4 N–H and O–H groups in total. The van der Waals surface area contributed by atoms with E-state index in [4.69, 9.17) is 0 Å². The van der Waals surface area contributed by atoms with Crippen molar-refractivity contribution in [1.29, 1.82) is 0 Å². The molecule has 0 radical (unpaired) electrons. The van der Waals surface area contributed by atoms with Crippen LogP contribution < -0.4 is 10.6 Å². The average molecular weight is 204 g/mol. The lowest BCUT2D eigenvalue weighted by Gasteiger charge is -2.11. The van der Waals surface area contributed by atoms with Crippen molar-refractivity contribution in [3.8, 4) is 0 Å². The largest absolute Gasteiger partial charge is 0.392 e. The van der Waals surface area contributed by atoms with Gasteiger partial charge < -0.3 is 20.8 Å². The van der Waals surface area contributed by atoms with Crippen LogP contribution >= 0.6 is 0 Å². The lowest BCUT2D eigenvalue weighted by atomic mass is 10.3. The fourth-order valence-electron chi connectivity index (χ4n) is 1.00. The third-order valence-electron chi connectivity index (χ3n) is 2.18. The molecule has 2 atom stereocenters. The van der Waals surface area contributed by atoms with Crippen LogP contribution in [0.3, 0.4) is 0 Å². The first-order chi connectivity index (χ1) is 6.70. The molecule has 0 aromatic heterocycles. The zero-order chi connectivity index (χ0) is 10.8. The number of aliphatic hydroxyl groups is 2. The number of aliphatic hydroxyl groups excluding tert-OH is 2. The van der Waals surface area contributed by atoms with Crippen molar-refractivity contribution in [2.45, 2.75) is 38.9 Å². The first-order valence-corrected chi connectivity index (χ1v) is 5.48. The van der Waals surface area contributed by atoms with Gasteiger partial charge in [-0.2, -0.15) is 0 Å². The van der Waals surface area contributed by atoms with Crippen LogP contribution in [0.15, 0.2) is 0 Å². The summed E-state index contributed by atoms with van der Waals surface area (Å²) >= 11 is 0. The van der Waals surface area contributed by atoms with E-state index in [0.29, 0.717) is 13.1 Å². The van der Waals surface area contributed by atoms with E-state index in [1.807, 2.05) is 13.8 Å². The van der Waals surface area contributed by atoms with E-state index in [1.54, 1.807) is 0 Å². The van der Waals surface area contributed by atoms with Crippen LogP contribution in [0.2, 0.25) is 0 Å².